The van der Waals surface area contributed by atoms with Gasteiger partial charge in [-0.3, -0.25) is 4.85 Å². The molecule has 3 nitrogen and oxygen atoms in total. The first-order valence-corrected chi connectivity index (χ1v) is 5.09. The van der Waals surface area contributed by atoms with Crippen LogP contribution in [0, 0.1) is 12.6 Å². The van der Waals surface area contributed by atoms with Crippen LogP contribution in [0.1, 0.15) is 0 Å². The number of furan rings is 1. The van der Waals surface area contributed by atoms with Gasteiger partial charge in [-0.05, 0) is 11.8 Å². The van der Waals surface area contributed by atoms with Crippen molar-refractivity contribution in [3.05, 3.63) is 60.3 Å². The summed E-state index contributed by atoms with van der Waals surface area (Å²) < 4.78 is 5.23. The first kappa shape index (κ1) is 12.5. The molecule has 0 unspecified atom stereocenters. The van der Waals surface area contributed by atoms with Gasteiger partial charge in [0.15, 0.2) is 0 Å². The van der Waals surface area contributed by atoms with E-state index in [2.05, 4.69) is 15.9 Å². The van der Waals surface area contributed by atoms with Gasteiger partial charge in [0.2, 0.25) is 0 Å². The van der Waals surface area contributed by atoms with E-state index in [9.17, 15) is 0 Å². The summed E-state index contributed by atoms with van der Waals surface area (Å²) in [5, 5.41) is 0.997. The van der Waals surface area contributed by atoms with Crippen molar-refractivity contribution in [3.63, 3.8) is 0 Å². The van der Waals surface area contributed by atoms with Gasteiger partial charge in [-0.2, -0.15) is 6.07 Å². The smallest absolute Gasteiger partial charge is 0.150 e. The molecule has 3 aromatic rings. The largest absolute Gasteiger partial charge is 0.463 e. The summed E-state index contributed by atoms with van der Waals surface area (Å²) in [7, 11) is 0. The van der Waals surface area contributed by atoms with Crippen molar-refractivity contribution in [1.82, 2.24) is 4.98 Å². The van der Waals surface area contributed by atoms with Gasteiger partial charge in [0.1, 0.15) is 11.3 Å². The summed E-state index contributed by atoms with van der Waals surface area (Å²) in [6.45, 7) is 6.98. The van der Waals surface area contributed by atoms with Crippen LogP contribution in [0.3, 0.4) is 0 Å². The molecule has 0 fully saturated rings. The zero-order chi connectivity index (χ0) is 11.7. The van der Waals surface area contributed by atoms with E-state index in [0.29, 0.717) is 5.69 Å². The van der Waals surface area contributed by atoms with Crippen LogP contribution >= 0.6 is 0 Å². The second kappa shape index (κ2) is 5.14. The first-order chi connectivity index (χ1) is 8.36. The Bertz CT molecular complexity index is 728. The van der Waals surface area contributed by atoms with Gasteiger partial charge >= 0.3 is 0 Å². The Morgan fingerprint density at radius 2 is 2.17 bits per heavy atom. The van der Waals surface area contributed by atoms with E-state index in [1.165, 1.54) is 0 Å². The molecule has 4 heteroatoms. The molecule has 2 aromatic heterocycles. The Morgan fingerprint density at radius 1 is 1.28 bits per heavy atom. The monoisotopic (exact) mass is 412 g/mol. The van der Waals surface area contributed by atoms with E-state index >= 15 is 0 Å². The number of fused-ring (bicyclic) bond motifs is 1. The van der Waals surface area contributed by atoms with Crippen molar-refractivity contribution in [3.8, 4) is 11.3 Å². The Kier molecular flexibility index (Phi) is 3.57. The number of hydrogen-bond donors (Lipinski definition) is 0. The fraction of sp³-hybridized carbons (Fsp3) is 0. The van der Waals surface area contributed by atoms with Crippen LogP contribution in [-0.2, 0) is 20.1 Å². The third-order valence-corrected chi connectivity index (χ3v) is 2.53. The maximum absolute atomic E-state index is 6.98. The van der Waals surface area contributed by atoms with Gasteiger partial charge in [0.05, 0.1) is 19.0 Å². The van der Waals surface area contributed by atoms with Crippen molar-refractivity contribution in [2.45, 2.75) is 0 Å². The molecule has 0 atom stereocenters. The van der Waals surface area contributed by atoms with Gasteiger partial charge in [-0.15, -0.1) is 23.8 Å². The molecule has 0 saturated carbocycles. The minimum Gasteiger partial charge on any atom is -0.463 e. The van der Waals surface area contributed by atoms with E-state index < -0.39 is 0 Å². The van der Waals surface area contributed by atoms with Crippen molar-refractivity contribution < 1.29 is 24.5 Å². The molecule has 1 aromatic carbocycles. The SMILES string of the molecule is [C-]#[N+]c1cc[c-]c(-c2cc3ccoc3cn2)c1.[Ir]. The molecule has 0 bridgehead atoms. The van der Waals surface area contributed by atoms with Gasteiger partial charge < -0.3 is 9.40 Å². The number of benzene rings is 1. The second-order valence-electron chi connectivity index (χ2n) is 3.60. The number of pyridine rings is 1. The predicted molar refractivity (Wildman–Crippen MR) is 64.5 cm³/mol. The maximum atomic E-state index is 6.98. The zero-order valence-electron chi connectivity index (χ0n) is 9.18. The Morgan fingerprint density at radius 3 is 3.00 bits per heavy atom. The molecule has 0 amide bonds. The van der Waals surface area contributed by atoms with Gasteiger partial charge in [0.25, 0.3) is 0 Å². The van der Waals surface area contributed by atoms with Crippen molar-refractivity contribution in [1.29, 1.82) is 0 Å². The number of nitrogens with zero attached hydrogens (tertiary/aromatic N) is 2. The van der Waals surface area contributed by atoms with Crippen LogP contribution in [0.5, 0.6) is 0 Å². The average molecular weight is 411 g/mol. The molecule has 89 valence electrons. The van der Waals surface area contributed by atoms with Crippen LogP contribution in [0.25, 0.3) is 27.1 Å². The first-order valence-electron chi connectivity index (χ1n) is 5.09. The fourth-order valence-electron chi connectivity index (χ4n) is 1.69. The molecule has 0 aliphatic rings. The molecule has 1 radical (unpaired) electrons. The van der Waals surface area contributed by atoms with Gasteiger partial charge in [-0.1, -0.05) is 6.07 Å². The van der Waals surface area contributed by atoms with E-state index in [-0.39, 0.29) is 20.1 Å². The van der Waals surface area contributed by atoms with E-state index in [4.69, 9.17) is 11.0 Å². The van der Waals surface area contributed by atoms with Crippen LogP contribution < -0.4 is 0 Å². The number of hydrogen-bond acceptors (Lipinski definition) is 2. The Labute approximate surface area is 118 Å². The molecule has 0 spiro atoms. The quantitative estimate of drug-likeness (QED) is 0.570. The topological polar surface area (TPSA) is 30.4 Å². The normalized spacial score (nSPS) is 9.72. The van der Waals surface area contributed by atoms with Crippen LogP contribution in [-0.4, -0.2) is 4.98 Å². The molecule has 0 aliphatic heterocycles. The molecule has 2 heterocycles. The van der Waals surface area contributed by atoms with Crippen LogP contribution in [0.4, 0.5) is 5.69 Å². The summed E-state index contributed by atoms with van der Waals surface area (Å²) in [4.78, 5) is 7.69. The number of aromatic nitrogens is 1. The summed E-state index contributed by atoms with van der Waals surface area (Å²) >= 11 is 0. The fourth-order valence-corrected chi connectivity index (χ4v) is 1.69. The standard InChI is InChI=1S/C14H7N2O.Ir/c1-15-12-4-2-3-10(7-12)13-8-11-5-6-17-14(11)9-16-13;/h2,4-9H;/q-1;. The van der Waals surface area contributed by atoms with Crippen molar-refractivity contribution >= 4 is 16.7 Å². The van der Waals surface area contributed by atoms with E-state index in [1.807, 2.05) is 12.1 Å². The minimum absolute atomic E-state index is 0. The molecule has 0 N–H and O–H groups in total. The second-order valence-corrected chi connectivity index (χ2v) is 3.60. The molecular formula is C14H7IrN2O-. The molecule has 18 heavy (non-hydrogen) atoms. The third-order valence-electron chi connectivity index (χ3n) is 2.53. The van der Waals surface area contributed by atoms with Gasteiger partial charge in [0, 0.05) is 25.5 Å². The van der Waals surface area contributed by atoms with Crippen molar-refractivity contribution in [2.24, 2.45) is 0 Å². The van der Waals surface area contributed by atoms with E-state index in [0.717, 1.165) is 22.2 Å². The van der Waals surface area contributed by atoms with Crippen LogP contribution in [0.15, 0.2) is 47.2 Å². The van der Waals surface area contributed by atoms with Crippen LogP contribution in [0.2, 0.25) is 0 Å². The third kappa shape index (κ3) is 2.19. The van der Waals surface area contributed by atoms with Crippen molar-refractivity contribution in [2.75, 3.05) is 0 Å². The number of rotatable bonds is 1. The Hall–Kier alpha value is -1.95. The maximum Gasteiger partial charge on any atom is 0.150 e. The summed E-state index contributed by atoms with van der Waals surface area (Å²) in [5.41, 5.74) is 2.97. The summed E-state index contributed by atoms with van der Waals surface area (Å²) in [6, 6.07) is 12.1. The summed E-state index contributed by atoms with van der Waals surface area (Å²) in [5.74, 6) is 0. The molecule has 3 rings (SSSR count). The van der Waals surface area contributed by atoms with E-state index in [1.54, 1.807) is 30.7 Å². The summed E-state index contributed by atoms with van der Waals surface area (Å²) in [6.07, 6.45) is 3.32. The predicted octanol–water partition coefficient (Wildman–Crippen LogP) is 3.84. The van der Waals surface area contributed by atoms with Gasteiger partial charge in [-0.25, -0.2) is 0 Å². The molecule has 0 saturated heterocycles. The Balaban J connectivity index is 0.00000120. The minimum atomic E-state index is 0. The zero-order valence-corrected chi connectivity index (χ0v) is 11.6. The molecule has 0 aliphatic carbocycles. The molecular weight excluding hydrogens is 404 g/mol. The average Bonchev–Trinajstić information content (AvgIpc) is 2.86.